The molecule has 296 valence electrons. The summed E-state index contributed by atoms with van der Waals surface area (Å²) in [5, 5.41) is 4.17. The highest BCUT2D eigenvalue weighted by Crippen LogP contribution is 2.50. The topological polar surface area (TPSA) is 29.5 Å². The number of benzene rings is 10. The molecule has 0 saturated carbocycles. The van der Waals surface area contributed by atoms with E-state index in [1.54, 1.807) is 0 Å². The van der Waals surface area contributed by atoms with Crippen molar-refractivity contribution in [3.05, 3.63) is 237 Å². The van der Waals surface area contributed by atoms with Gasteiger partial charge in [-0.25, -0.2) is 0 Å². The van der Waals surface area contributed by atoms with Gasteiger partial charge in [-0.2, -0.15) is 0 Å². The van der Waals surface area contributed by atoms with Crippen molar-refractivity contribution in [3.63, 3.8) is 0 Å². The summed E-state index contributed by atoms with van der Waals surface area (Å²) in [5.74, 6) is 0. The lowest BCUT2D eigenvalue weighted by Crippen LogP contribution is -2.11. The molecule has 3 heteroatoms. The first-order valence-corrected chi connectivity index (χ1v) is 21.4. The third kappa shape index (κ3) is 6.46. The SMILES string of the molecule is c1ccc(-c2cc(-c3ccccc3)cc(N(c3cccc4oc5cc(-c6ccccc6)ccc5c34)c3ccc(-c4ccccc4)c4oc5cc(-c6ccccc6)ccc5c34)c2)cc1. The van der Waals surface area contributed by atoms with Crippen LogP contribution in [-0.4, -0.2) is 0 Å². The fourth-order valence-corrected chi connectivity index (χ4v) is 9.25. The molecule has 0 saturated heterocycles. The van der Waals surface area contributed by atoms with Gasteiger partial charge < -0.3 is 13.7 Å². The van der Waals surface area contributed by atoms with Crippen LogP contribution in [0.1, 0.15) is 0 Å². The van der Waals surface area contributed by atoms with E-state index in [1.807, 2.05) is 0 Å². The van der Waals surface area contributed by atoms with Crippen molar-refractivity contribution in [2.24, 2.45) is 0 Å². The van der Waals surface area contributed by atoms with Crippen LogP contribution in [-0.2, 0) is 0 Å². The van der Waals surface area contributed by atoms with Crippen molar-refractivity contribution in [1.82, 2.24) is 0 Å². The molecular weight excluding hydrogens is 767 g/mol. The number of fused-ring (bicyclic) bond motifs is 6. The smallest absolute Gasteiger partial charge is 0.145 e. The van der Waals surface area contributed by atoms with E-state index in [0.717, 1.165) is 117 Å². The van der Waals surface area contributed by atoms with Crippen molar-refractivity contribution in [1.29, 1.82) is 0 Å². The van der Waals surface area contributed by atoms with Crippen molar-refractivity contribution in [3.8, 4) is 55.6 Å². The van der Waals surface area contributed by atoms with Gasteiger partial charge in [0.1, 0.15) is 22.3 Å². The van der Waals surface area contributed by atoms with Gasteiger partial charge in [-0.3, -0.25) is 0 Å². The fraction of sp³-hybridized carbons (Fsp3) is 0. The normalized spacial score (nSPS) is 11.5. The third-order valence-corrected chi connectivity index (χ3v) is 12.2. The van der Waals surface area contributed by atoms with E-state index in [1.165, 1.54) is 0 Å². The van der Waals surface area contributed by atoms with Crippen molar-refractivity contribution in [2.75, 3.05) is 4.90 Å². The first-order chi connectivity index (χ1) is 31.2. The van der Waals surface area contributed by atoms with Crippen LogP contribution in [0.15, 0.2) is 245 Å². The average molecular weight is 806 g/mol. The summed E-state index contributed by atoms with van der Waals surface area (Å²) >= 11 is 0. The molecule has 0 atom stereocenters. The Morgan fingerprint density at radius 1 is 0.270 bits per heavy atom. The summed E-state index contributed by atoms with van der Waals surface area (Å²) in [7, 11) is 0. The zero-order valence-electron chi connectivity index (χ0n) is 34.3. The molecule has 0 radical (unpaired) electrons. The third-order valence-electron chi connectivity index (χ3n) is 12.2. The van der Waals surface area contributed by atoms with Crippen molar-refractivity contribution >= 4 is 60.9 Å². The van der Waals surface area contributed by atoms with Crippen LogP contribution in [0, 0.1) is 0 Å². The Balaban J connectivity index is 1.18. The lowest BCUT2D eigenvalue weighted by atomic mass is 9.95. The molecule has 0 aliphatic rings. The van der Waals surface area contributed by atoms with Gasteiger partial charge in [0.05, 0.1) is 22.1 Å². The highest BCUT2D eigenvalue weighted by atomic mass is 16.3. The first kappa shape index (κ1) is 36.5. The highest BCUT2D eigenvalue weighted by Gasteiger charge is 2.26. The largest absolute Gasteiger partial charge is 0.456 e. The maximum atomic E-state index is 7.10. The summed E-state index contributed by atoms with van der Waals surface area (Å²) in [6, 6.07) is 84.0. The Morgan fingerprint density at radius 3 is 1.27 bits per heavy atom. The second-order valence-electron chi connectivity index (χ2n) is 16.0. The van der Waals surface area contributed by atoms with E-state index in [2.05, 4.69) is 241 Å². The second kappa shape index (κ2) is 15.3. The number of hydrogen-bond donors (Lipinski definition) is 0. The van der Waals surface area contributed by atoms with E-state index in [-0.39, 0.29) is 0 Å². The van der Waals surface area contributed by atoms with Gasteiger partial charge >= 0.3 is 0 Å². The summed E-state index contributed by atoms with van der Waals surface area (Å²) < 4.78 is 13.9. The Hall–Kier alpha value is -8.40. The molecule has 0 aliphatic heterocycles. The van der Waals surface area contributed by atoms with Crippen molar-refractivity contribution in [2.45, 2.75) is 0 Å². The number of nitrogens with zero attached hydrogens (tertiary/aromatic N) is 1. The highest BCUT2D eigenvalue weighted by molar-refractivity contribution is 6.20. The van der Waals surface area contributed by atoms with Crippen LogP contribution in [0.4, 0.5) is 17.1 Å². The molecule has 0 amide bonds. The molecule has 2 heterocycles. The van der Waals surface area contributed by atoms with E-state index in [4.69, 9.17) is 8.83 Å². The monoisotopic (exact) mass is 805 g/mol. The molecule has 0 bridgehead atoms. The Bertz CT molecular complexity index is 3540. The Morgan fingerprint density at radius 2 is 0.730 bits per heavy atom. The van der Waals surface area contributed by atoms with E-state index >= 15 is 0 Å². The van der Waals surface area contributed by atoms with Gasteiger partial charge in [0.2, 0.25) is 0 Å². The Kier molecular flexibility index (Phi) is 8.83. The predicted molar refractivity (Wildman–Crippen MR) is 263 cm³/mol. The maximum absolute atomic E-state index is 7.10. The second-order valence-corrected chi connectivity index (χ2v) is 16.0. The van der Waals surface area contributed by atoms with Gasteiger partial charge in [0.15, 0.2) is 0 Å². The number of anilines is 3. The van der Waals surface area contributed by atoms with Gasteiger partial charge in [0.25, 0.3) is 0 Å². The van der Waals surface area contributed by atoms with Crippen LogP contribution >= 0.6 is 0 Å². The standard InChI is InChI=1S/C60H39NO2/c1-6-17-40(18-7-1)45-29-31-51-56(38-45)62-55-28-16-27-53(58(51)55)61(49-36-47(42-21-10-3-11-22-42)35-48(37-49)43-23-12-4-13-24-43)54-34-33-50(44-25-14-5-15-26-44)60-59(54)52-32-30-46(39-57(52)63-60)41-19-8-2-9-20-41/h1-39H. The van der Waals surface area contributed by atoms with Crippen LogP contribution in [0.5, 0.6) is 0 Å². The van der Waals surface area contributed by atoms with Crippen LogP contribution < -0.4 is 4.90 Å². The first-order valence-electron chi connectivity index (χ1n) is 21.4. The quantitative estimate of drug-likeness (QED) is 0.153. The molecule has 12 aromatic rings. The van der Waals surface area contributed by atoms with Gasteiger partial charge in [-0.1, -0.05) is 170 Å². The molecule has 0 unspecified atom stereocenters. The molecule has 12 rings (SSSR count). The minimum Gasteiger partial charge on any atom is -0.456 e. The van der Waals surface area contributed by atoms with Crippen LogP contribution in [0.2, 0.25) is 0 Å². The summed E-state index contributed by atoms with van der Waals surface area (Å²) in [5.41, 5.74) is 17.5. The molecular formula is C60H39NO2. The molecule has 0 spiro atoms. The molecule has 10 aromatic carbocycles. The maximum Gasteiger partial charge on any atom is 0.145 e. The molecule has 63 heavy (non-hydrogen) atoms. The predicted octanol–water partition coefficient (Wildman–Crippen LogP) is 17.3. The molecule has 0 fully saturated rings. The minimum atomic E-state index is 0.821. The van der Waals surface area contributed by atoms with E-state index in [9.17, 15) is 0 Å². The van der Waals surface area contributed by atoms with E-state index < -0.39 is 0 Å². The Labute approximate surface area is 365 Å². The molecule has 0 N–H and O–H groups in total. The zero-order valence-corrected chi connectivity index (χ0v) is 34.3. The number of rotatable bonds is 8. The number of hydrogen-bond acceptors (Lipinski definition) is 3. The lowest BCUT2D eigenvalue weighted by Gasteiger charge is -2.28. The lowest BCUT2D eigenvalue weighted by molar-refractivity contribution is 0.669. The van der Waals surface area contributed by atoms with Crippen LogP contribution in [0.3, 0.4) is 0 Å². The van der Waals surface area contributed by atoms with Gasteiger partial charge in [-0.15, -0.1) is 0 Å². The molecule has 3 nitrogen and oxygen atoms in total. The fourth-order valence-electron chi connectivity index (χ4n) is 9.25. The van der Waals surface area contributed by atoms with Gasteiger partial charge in [-0.05, 0) is 117 Å². The summed E-state index contributed by atoms with van der Waals surface area (Å²) in [4.78, 5) is 2.43. The number of furan rings is 2. The van der Waals surface area contributed by atoms with E-state index in [0.29, 0.717) is 0 Å². The summed E-state index contributed by atoms with van der Waals surface area (Å²) in [6.45, 7) is 0. The average Bonchev–Trinajstić information content (AvgIpc) is 3.94. The minimum absolute atomic E-state index is 0.821. The molecule has 0 aliphatic carbocycles. The van der Waals surface area contributed by atoms with Gasteiger partial charge in [0, 0.05) is 22.0 Å². The summed E-state index contributed by atoms with van der Waals surface area (Å²) in [6.07, 6.45) is 0. The van der Waals surface area contributed by atoms with Crippen molar-refractivity contribution < 1.29 is 8.83 Å². The molecule has 2 aromatic heterocycles. The zero-order chi connectivity index (χ0) is 41.7. The van der Waals surface area contributed by atoms with Crippen LogP contribution in [0.25, 0.3) is 99.5 Å².